The summed E-state index contributed by atoms with van der Waals surface area (Å²) in [5.41, 5.74) is 2.22. The third kappa shape index (κ3) is 4.00. The molecule has 0 heterocycles. The molecule has 20 heavy (non-hydrogen) atoms. The van der Waals surface area contributed by atoms with Crippen LogP contribution in [0.5, 0.6) is 11.5 Å². The summed E-state index contributed by atoms with van der Waals surface area (Å²) in [5.74, 6) is 1.61. The van der Waals surface area contributed by atoms with Gasteiger partial charge in [0, 0.05) is 15.4 Å². The Morgan fingerprint density at radius 2 is 1.75 bits per heavy atom. The van der Waals surface area contributed by atoms with Gasteiger partial charge in [0.15, 0.2) is 11.5 Å². The average molecular weight is 400 g/mol. The lowest BCUT2D eigenvalue weighted by Crippen LogP contribution is -2.02. The Hall–Kier alpha value is -1.00. The molecule has 0 bridgehead atoms. The predicted molar refractivity (Wildman–Crippen MR) is 88.7 cm³/mol. The average Bonchev–Trinajstić information content (AvgIpc) is 2.47. The Labute approximate surface area is 136 Å². The molecule has 2 nitrogen and oxygen atoms in total. The number of halogens is 2. The van der Waals surface area contributed by atoms with Crippen LogP contribution in [-0.2, 0) is 11.9 Å². The summed E-state index contributed by atoms with van der Waals surface area (Å²) in [6.07, 6.45) is 0. The molecule has 2 aromatic rings. The molecule has 0 amide bonds. The van der Waals surface area contributed by atoms with Crippen molar-refractivity contribution in [2.24, 2.45) is 0 Å². The summed E-state index contributed by atoms with van der Waals surface area (Å²) in [4.78, 5) is 0. The van der Waals surface area contributed by atoms with Crippen molar-refractivity contribution in [1.29, 1.82) is 0 Å². The molecule has 0 radical (unpaired) electrons. The highest BCUT2D eigenvalue weighted by molar-refractivity contribution is 9.10. The first kappa shape index (κ1) is 15.4. The second-order valence-electron chi connectivity index (χ2n) is 4.23. The van der Waals surface area contributed by atoms with Gasteiger partial charge in [-0.25, -0.2) is 0 Å². The molecule has 0 atom stereocenters. The molecule has 0 N–H and O–H groups in total. The monoisotopic (exact) mass is 398 g/mol. The zero-order valence-corrected chi connectivity index (χ0v) is 14.4. The fraction of sp³-hybridized carbons (Fsp3) is 0.250. The first-order chi connectivity index (χ1) is 9.74. The fourth-order valence-corrected chi connectivity index (χ4v) is 2.54. The minimum absolute atomic E-state index is 0.525. The number of hydrogen-bond donors (Lipinski definition) is 0. The third-order valence-electron chi connectivity index (χ3n) is 2.80. The van der Waals surface area contributed by atoms with E-state index in [4.69, 9.17) is 9.47 Å². The molecule has 4 heteroatoms. The van der Waals surface area contributed by atoms with Gasteiger partial charge >= 0.3 is 0 Å². The van der Waals surface area contributed by atoms with Gasteiger partial charge in [-0.15, -0.1) is 0 Å². The van der Waals surface area contributed by atoms with Crippen molar-refractivity contribution in [3.8, 4) is 11.5 Å². The van der Waals surface area contributed by atoms with E-state index < -0.39 is 0 Å². The number of benzene rings is 2. The minimum Gasteiger partial charge on any atom is -0.490 e. The van der Waals surface area contributed by atoms with E-state index in [1.54, 1.807) is 0 Å². The van der Waals surface area contributed by atoms with Gasteiger partial charge in [0.25, 0.3) is 0 Å². The highest BCUT2D eigenvalue weighted by atomic mass is 79.9. The van der Waals surface area contributed by atoms with Crippen LogP contribution < -0.4 is 9.47 Å². The SMILES string of the molecule is CCOc1cccc(CBr)c1OCc1ccc(Br)cc1. The summed E-state index contributed by atoms with van der Waals surface area (Å²) in [5, 5.41) is 0.740. The number of ether oxygens (including phenoxy) is 2. The van der Waals surface area contributed by atoms with Crippen LogP contribution in [0.25, 0.3) is 0 Å². The van der Waals surface area contributed by atoms with E-state index in [1.807, 2.05) is 49.4 Å². The summed E-state index contributed by atoms with van der Waals surface area (Å²) >= 11 is 6.92. The summed E-state index contributed by atoms with van der Waals surface area (Å²) in [7, 11) is 0. The number of alkyl halides is 1. The van der Waals surface area contributed by atoms with E-state index in [0.717, 1.165) is 32.4 Å². The molecule has 0 aromatic heterocycles. The topological polar surface area (TPSA) is 18.5 Å². The van der Waals surface area contributed by atoms with E-state index in [9.17, 15) is 0 Å². The molecule has 2 aromatic carbocycles. The molecule has 0 spiro atoms. The Morgan fingerprint density at radius 3 is 2.40 bits per heavy atom. The fourth-order valence-electron chi connectivity index (χ4n) is 1.84. The molecule has 2 rings (SSSR count). The second-order valence-corrected chi connectivity index (χ2v) is 5.70. The maximum atomic E-state index is 5.97. The molecule has 0 saturated heterocycles. The molecular formula is C16H16Br2O2. The van der Waals surface area contributed by atoms with Crippen molar-refractivity contribution in [3.63, 3.8) is 0 Å². The Morgan fingerprint density at radius 1 is 1.00 bits per heavy atom. The van der Waals surface area contributed by atoms with Crippen molar-refractivity contribution in [2.45, 2.75) is 18.9 Å². The van der Waals surface area contributed by atoms with E-state index in [1.165, 1.54) is 0 Å². The minimum atomic E-state index is 0.525. The largest absolute Gasteiger partial charge is 0.490 e. The van der Waals surface area contributed by atoms with Crippen molar-refractivity contribution in [3.05, 3.63) is 58.1 Å². The summed E-state index contributed by atoms with van der Waals surface area (Å²) in [6.45, 7) is 3.12. The lowest BCUT2D eigenvalue weighted by molar-refractivity contribution is 0.267. The first-order valence-electron chi connectivity index (χ1n) is 6.42. The van der Waals surface area contributed by atoms with Crippen LogP contribution in [0.1, 0.15) is 18.1 Å². The van der Waals surface area contributed by atoms with Gasteiger partial charge in [-0.3, -0.25) is 0 Å². The second kappa shape index (κ2) is 7.70. The number of hydrogen-bond acceptors (Lipinski definition) is 2. The van der Waals surface area contributed by atoms with E-state index in [0.29, 0.717) is 13.2 Å². The molecule has 0 saturated carbocycles. The van der Waals surface area contributed by atoms with Crippen LogP contribution in [0.2, 0.25) is 0 Å². The first-order valence-corrected chi connectivity index (χ1v) is 8.34. The van der Waals surface area contributed by atoms with Crippen LogP contribution in [-0.4, -0.2) is 6.61 Å². The highest BCUT2D eigenvalue weighted by Gasteiger charge is 2.10. The zero-order chi connectivity index (χ0) is 14.4. The van der Waals surface area contributed by atoms with E-state index in [2.05, 4.69) is 31.9 Å². The molecule has 106 valence electrons. The Balaban J connectivity index is 2.16. The molecule has 0 unspecified atom stereocenters. The molecule has 0 aliphatic carbocycles. The molecule has 0 aliphatic heterocycles. The normalized spacial score (nSPS) is 10.3. The molecular weight excluding hydrogens is 384 g/mol. The summed E-state index contributed by atoms with van der Waals surface area (Å²) in [6, 6.07) is 14.1. The van der Waals surface area contributed by atoms with E-state index in [-0.39, 0.29) is 0 Å². The molecule has 0 aliphatic rings. The maximum Gasteiger partial charge on any atom is 0.165 e. The lowest BCUT2D eigenvalue weighted by atomic mass is 10.2. The van der Waals surface area contributed by atoms with Gasteiger partial charge in [0.1, 0.15) is 6.61 Å². The van der Waals surface area contributed by atoms with Crippen molar-refractivity contribution < 1.29 is 9.47 Å². The molecule has 0 fully saturated rings. The van der Waals surface area contributed by atoms with E-state index >= 15 is 0 Å². The van der Waals surface area contributed by atoms with Crippen molar-refractivity contribution in [1.82, 2.24) is 0 Å². The van der Waals surface area contributed by atoms with Gasteiger partial charge in [-0.05, 0) is 30.7 Å². The lowest BCUT2D eigenvalue weighted by Gasteiger charge is -2.15. The van der Waals surface area contributed by atoms with Gasteiger partial charge in [0.2, 0.25) is 0 Å². The maximum absolute atomic E-state index is 5.97. The number of para-hydroxylation sites is 1. The van der Waals surface area contributed by atoms with Crippen LogP contribution in [0.3, 0.4) is 0 Å². The van der Waals surface area contributed by atoms with Gasteiger partial charge in [-0.1, -0.05) is 56.1 Å². The third-order valence-corrected chi connectivity index (χ3v) is 3.93. The Bertz CT molecular complexity index is 553. The quantitative estimate of drug-likeness (QED) is 0.611. The summed E-state index contributed by atoms with van der Waals surface area (Å²) < 4.78 is 12.7. The van der Waals surface area contributed by atoms with Crippen LogP contribution in [0, 0.1) is 0 Å². The standard InChI is InChI=1S/C16H16Br2O2/c1-2-19-15-5-3-4-13(10-17)16(15)20-11-12-6-8-14(18)9-7-12/h3-9H,2,10-11H2,1H3. The van der Waals surface area contributed by atoms with Crippen LogP contribution in [0.15, 0.2) is 46.9 Å². The zero-order valence-electron chi connectivity index (χ0n) is 11.2. The van der Waals surface area contributed by atoms with Gasteiger partial charge < -0.3 is 9.47 Å². The van der Waals surface area contributed by atoms with Crippen molar-refractivity contribution in [2.75, 3.05) is 6.61 Å². The number of rotatable bonds is 6. The smallest absolute Gasteiger partial charge is 0.165 e. The predicted octanol–water partition coefficient (Wildman–Crippen LogP) is 5.32. The Kier molecular flexibility index (Phi) is 5.92. The van der Waals surface area contributed by atoms with Crippen LogP contribution in [0.4, 0.5) is 0 Å². The highest BCUT2D eigenvalue weighted by Crippen LogP contribution is 2.33. The van der Waals surface area contributed by atoms with Gasteiger partial charge in [0.05, 0.1) is 6.61 Å². The van der Waals surface area contributed by atoms with Gasteiger partial charge in [-0.2, -0.15) is 0 Å². The van der Waals surface area contributed by atoms with Crippen molar-refractivity contribution >= 4 is 31.9 Å². The van der Waals surface area contributed by atoms with Crippen LogP contribution >= 0.6 is 31.9 Å².